The zero-order valence-corrected chi connectivity index (χ0v) is 11.7. The van der Waals surface area contributed by atoms with E-state index in [1.54, 1.807) is 0 Å². The molecule has 2 aliphatic rings. The van der Waals surface area contributed by atoms with Gasteiger partial charge in [-0.1, -0.05) is 0 Å². The number of hydrogen-bond acceptors (Lipinski definition) is 4. The van der Waals surface area contributed by atoms with Crippen molar-refractivity contribution < 1.29 is 0 Å². The van der Waals surface area contributed by atoms with Gasteiger partial charge in [0, 0.05) is 0 Å². The van der Waals surface area contributed by atoms with Gasteiger partial charge in [-0.2, -0.15) is 0 Å². The van der Waals surface area contributed by atoms with Crippen molar-refractivity contribution in [2.45, 2.75) is 0 Å². The summed E-state index contributed by atoms with van der Waals surface area (Å²) in [7, 11) is 9.43. The Morgan fingerprint density at radius 1 is 0.667 bits per heavy atom. The molecule has 0 atom stereocenters. The Kier molecular flexibility index (Phi) is 2.94. The predicted octanol–water partition coefficient (Wildman–Crippen LogP) is 2.38. The van der Waals surface area contributed by atoms with Gasteiger partial charge in [-0.05, 0) is 0 Å². The van der Waals surface area contributed by atoms with Gasteiger partial charge in [-0.15, -0.1) is 0 Å². The Bertz CT molecular complexity index is 87.6. The minimum absolute atomic E-state index is 1.46. The molecule has 5 heteroatoms. The maximum absolute atomic E-state index is 2.36. The molecule has 2 aliphatic heterocycles. The number of hydrogen-bond donors (Lipinski definition) is 0. The molecule has 9 heavy (non-hydrogen) atoms. The van der Waals surface area contributed by atoms with Crippen LogP contribution in [0.3, 0.4) is 0 Å². The summed E-state index contributed by atoms with van der Waals surface area (Å²) in [5.41, 5.74) is 0. The fourth-order valence-electron chi connectivity index (χ4n) is 0.820. The molecule has 0 aliphatic carbocycles. The van der Waals surface area contributed by atoms with Gasteiger partial charge in [0.15, 0.2) is 0 Å². The van der Waals surface area contributed by atoms with Crippen molar-refractivity contribution in [1.29, 1.82) is 0 Å². The molecule has 1 spiro atoms. The van der Waals surface area contributed by atoms with Gasteiger partial charge in [0.25, 0.3) is 0 Å². The molecule has 0 aromatic heterocycles. The minimum atomic E-state index is -1.55. The average Bonchev–Trinajstić information content (AvgIpc) is 2.45. The molecule has 0 nitrogen and oxygen atoms in total. The van der Waals surface area contributed by atoms with Gasteiger partial charge in [-0.25, -0.2) is 0 Å². The van der Waals surface area contributed by atoms with E-state index in [0.717, 1.165) is 0 Å². The van der Waals surface area contributed by atoms with E-state index in [4.69, 9.17) is 0 Å². The van der Waals surface area contributed by atoms with Crippen LogP contribution in [0.25, 0.3) is 0 Å². The third-order valence-corrected chi connectivity index (χ3v) is 61.1. The fraction of sp³-hybridized carbons (Fsp3) is 1.00. The third-order valence-electron chi connectivity index (χ3n) is 1.16. The van der Waals surface area contributed by atoms with E-state index in [-0.39, 0.29) is 0 Å². The molecule has 0 saturated carbocycles. The SMILES string of the molecule is C1C[S][Bi-]2([S]1)[S]CC[S]2. The Hall–Kier alpha value is 2.28. The summed E-state index contributed by atoms with van der Waals surface area (Å²) in [6.45, 7) is 0. The first-order valence-corrected chi connectivity index (χ1v) is 23.7. The zero-order chi connectivity index (χ0) is 6.16. The van der Waals surface area contributed by atoms with E-state index in [0.29, 0.717) is 0 Å². The van der Waals surface area contributed by atoms with Crippen LogP contribution in [0.2, 0.25) is 0 Å². The summed E-state index contributed by atoms with van der Waals surface area (Å²) in [4.78, 5) is 0. The van der Waals surface area contributed by atoms with Crippen molar-refractivity contribution >= 4 is 48.5 Å². The Morgan fingerprint density at radius 2 is 1.00 bits per heavy atom. The van der Waals surface area contributed by atoms with E-state index in [1.165, 1.54) is 23.0 Å². The van der Waals surface area contributed by atoms with Crippen LogP contribution in [0.1, 0.15) is 0 Å². The second-order valence-electron chi connectivity index (χ2n) is 1.78. The van der Waals surface area contributed by atoms with Crippen LogP contribution < -0.4 is 0 Å². The molecule has 2 saturated heterocycles. The molecule has 0 amide bonds. The van der Waals surface area contributed by atoms with Crippen LogP contribution in [-0.2, 0) is 0 Å². The van der Waals surface area contributed by atoms with Crippen molar-refractivity contribution in [1.82, 2.24) is 0 Å². The van der Waals surface area contributed by atoms with E-state index in [1.807, 2.05) is 0 Å². The van der Waals surface area contributed by atoms with Crippen molar-refractivity contribution in [3.63, 3.8) is 0 Å². The summed E-state index contributed by atoms with van der Waals surface area (Å²) >= 11 is -1.55. The fourth-order valence-corrected chi connectivity index (χ4v) is 64.8. The zero-order valence-electron chi connectivity index (χ0n) is 4.91. The van der Waals surface area contributed by atoms with Gasteiger partial charge >= 0.3 is 71.5 Å². The van der Waals surface area contributed by atoms with Crippen molar-refractivity contribution in [3.8, 4) is 0 Å². The Labute approximate surface area is 70.5 Å². The standard InChI is InChI=1S/2C2H6S2.Bi/c2*3-1-2-4;/h2*3-4H,1-2H2;/q;;+3/p-4. The summed E-state index contributed by atoms with van der Waals surface area (Å²) in [5, 5.41) is 0. The second kappa shape index (κ2) is 3.34. The van der Waals surface area contributed by atoms with Crippen LogP contribution in [0, 0.1) is 0 Å². The molecule has 0 unspecified atom stereocenters. The quantitative estimate of drug-likeness (QED) is 0.580. The molecular weight excluding hydrogens is 385 g/mol. The van der Waals surface area contributed by atoms with Crippen molar-refractivity contribution in [2.24, 2.45) is 0 Å². The Morgan fingerprint density at radius 3 is 1.33 bits per heavy atom. The van der Waals surface area contributed by atoms with E-state index < -0.39 is 14.4 Å². The van der Waals surface area contributed by atoms with Gasteiger partial charge in [-0.3, -0.25) is 0 Å². The molecular formula is C4H8BiS4-. The van der Waals surface area contributed by atoms with Crippen LogP contribution >= 0.6 is 34.1 Å². The Balaban J connectivity index is 2.04. The summed E-state index contributed by atoms with van der Waals surface area (Å²) in [6, 6.07) is 0. The van der Waals surface area contributed by atoms with Crippen LogP contribution in [-0.4, -0.2) is 37.4 Å². The molecule has 0 aromatic rings. The predicted molar refractivity (Wildman–Crippen MR) is 55.6 cm³/mol. The maximum atomic E-state index is 2.36. The summed E-state index contributed by atoms with van der Waals surface area (Å²) < 4.78 is 0. The van der Waals surface area contributed by atoms with Crippen molar-refractivity contribution in [3.05, 3.63) is 0 Å². The molecule has 2 heterocycles. The van der Waals surface area contributed by atoms with Gasteiger partial charge < -0.3 is 0 Å². The molecule has 2 rings (SSSR count). The van der Waals surface area contributed by atoms with Crippen molar-refractivity contribution in [2.75, 3.05) is 23.0 Å². The van der Waals surface area contributed by atoms with Gasteiger partial charge in [0.2, 0.25) is 0 Å². The van der Waals surface area contributed by atoms with Crippen LogP contribution in [0.4, 0.5) is 0 Å². The van der Waals surface area contributed by atoms with E-state index >= 15 is 0 Å². The topological polar surface area (TPSA) is 0 Å². The molecule has 0 bridgehead atoms. The van der Waals surface area contributed by atoms with E-state index in [9.17, 15) is 0 Å². The third kappa shape index (κ3) is 1.71. The average molecular weight is 393 g/mol. The molecule has 54 valence electrons. The van der Waals surface area contributed by atoms with Gasteiger partial charge in [0.05, 0.1) is 0 Å². The van der Waals surface area contributed by atoms with Gasteiger partial charge in [0.1, 0.15) is 0 Å². The molecule has 0 N–H and O–H groups in total. The second-order valence-corrected chi connectivity index (χ2v) is 51.4. The normalized spacial score (nSPS) is 35.6. The molecule has 2 fully saturated rings. The molecule has 0 radical (unpaired) electrons. The molecule has 0 aromatic carbocycles. The first-order chi connectivity index (χ1) is 4.41. The summed E-state index contributed by atoms with van der Waals surface area (Å²) in [6.07, 6.45) is 0. The number of rotatable bonds is 0. The first-order valence-electron chi connectivity index (χ1n) is 2.88. The first kappa shape index (κ1) is 7.91. The van der Waals surface area contributed by atoms with E-state index in [2.05, 4.69) is 34.1 Å². The van der Waals surface area contributed by atoms with Crippen LogP contribution in [0.5, 0.6) is 0 Å². The van der Waals surface area contributed by atoms with Crippen LogP contribution in [0.15, 0.2) is 0 Å². The summed E-state index contributed by atoms with van der Waals surface area (Å²) in [5.74, 6) is 5.85. The monoisotopic (exact) mass is 393 g/mol.